The van der Waals surface area contributed by atoms with Gasteiger partial charge in [-0.2, -0.15) is 5.10 Å². The molecule has 15 heavy (non-hydrogen) atoms. The molecule has 84 valence electrons. The molecule has 0 saturated carbocycles. The van der Waals surface area contributed by atoms with Gasteiger partial charge in [-0.05, 0) is 6.42 Å². The highest BCUT2D eigenvalue weighted by atomic mass is 32.2. The number of carboxylic acid groups (broad SMARTS) is 1. The van der Waals surface area contributed by atoms with Gasteiger partial charge in [0, 0.05) is 18.1 Å². The number of hydrogen-bond donors (Lipinski definition) is 1. The molecule has 5 heteroatoms. The van der Waals surface area contributed by atoms with Crippen LogP contribution in [0, 0.1) is 0 Å². The molecular formula is C10H16N2O2S. The van der Waals surface area contributed by atoms with E-state index in [1.54, 1.807) is 10.9 Å². The van der Waals surface area contributed by atoms with Crippen LogP contribution in [0.3, 0.4) is 0 Å². The molecule has 4 nitrogen and oxygen atoms in total. The summed E-state index contributed by atoms with van der Waals surface area (Å²) in [5.74, 6) is -0.739. The van der Waals surface area contributed by atoms with Gasteiger partial charge in [0.1, 0.15) is 5.25 Å². The molecular weight excluding hydrogens is 212 g/mol. The predicted octanol–water partition coefficient (Wildman–Crippen LogP) is 2.16. The molecule has 0 amide bonds. The van der Waals surface area contributed by atoms with Gasteiger partial charge in [0.2, 0.25) is 0 Å². The summed E-state index contributed by atoms with van der Waals surface area (Å²) in [6.07, 6.45) is 6.23. The van der Waals surface area contributed by atoms with E-state index in [1.165, 1.54) is 11.8 Å². The Morgan fingerprint density at radius 1 is 1.73 bits per heavy atom. The van der Waals surface area contributed by atoms with E-state index in [9.17, 15) is 4.79 Å². The third-order valence-electron chi connectivity index (χ3n) is 2.05. The number of unbranched alkanes of at least 4 members (excludes halogenated alkanes) is 1. The third kappa shape index (κ3) is 3.95. The summed E-state index contributed by atoms with van der Waals surface area (Å²) in [5, 5.41) is 12.7. The average Bonchev–Trinajstić information content (AvgIpc) is 2.58. The minimum atomic E-state index is -0.739. The monoisotopic (exact) mass is 228 g/mol. The lowest BCUT2D eigenvalue weighted by atomic mass is 10.2. The quantitative estimate of drug-likeness (QED) is 0.758. The number of rotatable bonds is 6. The van der Waals surface area contributed by atoms with Gasteiger partial charge in [-0.3, -0.25) is 9.48 Å². The fraction of sp³-hybridized carbons (Fsp3) is 0.600. The molecule has 1 atom stereocenters. The highest BCUT2D eigenvalue weighted by Gasteiger charge is 2.18. The van der Waals surface area contributed by atoms with Crippen LogP contribution in [0.5, 0.6) is 0 Å². The number of thioether (sulfide) groups is 1. The van der Waals surface area contributed by atoms with Crippen molar-refractivity contribution < 1.29 is 9.90 Å². The number of carboxylic acids is 1. The summed E-state index contributed by atoms with van der Waals surface area (Å²) in [5.41, 5.74) is 0. The summed E-state index contributed by atoms with van der Waals surface area (Å²) in [4.78, 5) is 11.9. The number of nitrogens with zero attached hydrogens (tertiary/aromatic N) is 2. The molecule has 1 aromatic rings. The molecule has 0 aliphatic rings. The Balaban J connectivity index is 2.54. The van der Waals surface area contributed by atoms with E-state index in [1.807, 2.05) is 13.2 Å². The highest BCUT2D eigenvalue weighted by Crippen LogP contribution is 2.26. The van der Waals surface area contributed by atoms with E-state index in [0.717, 1.165) is 17.7 Å². The zero-order valence-corrected chi connectivity index (χ0v) is 9.83. The second-order valence-electron chi connectivity index (χ2n) is 3.44. The van der Waals surface area contributed by atoms with E-state index < -0.39 is 5.97 Å². The van der Waals surface area contributed by atoms with E-state index in [-0.39, 0.29) is 5.25 Å². The first-order chi connectivity index (χ1) is 7.13. The lowest BCUT2D eigenvalue weighted by molar-refractivity contribution is -0.136. The van der Waals surface area contributed by atoms with E-state index in [0.29, 0.717) is 6.42 Å². The standard InChI is InChI=1S/C10H16N2O2S/c1-3-4-5-9(10(13)14)15-8-6-11-12(2)7-8/h6-7,9H,3-5H2,1-2H3,(H,13,14). The summed E-state index contributed by atoms with van der Waals surface area (Å²) in [6, 6.07) is 0. The topological polar surface area (TPSA) is 55.1 Å². The Kier molecular flexibility index (Phi) is 4.68. The average molecular weight is 228 g/mol. The minimum Gasteiger partial charge on any atom is -0.480 e. The van der Waals surface area contributed by atoms with Gasteiger partial charge < -0.3 is 5.11 Å². The first-order valence-electron chi connectivity index (χ1n) is 5.01. The molecule has 1 rings (SSSR count). The molecule has 0 aromatic carbocycles. The predicted molar refractivity (Wildman–Crippen MR) is 60.0 cm³/mol. The normalized spacial score (nSPS) is 12.7. The maximum atomic E-state index is 11.0. The number of aromatic nitrogens is 2. The fourth-order valence-corrected chi connectivity index (χ4v) is 2.28. The fourth-order valence-electron chi connectivity index (χ4n) is 1.25. The highest BCUT2D eigenvalue weighted by molar-refractivity contribution is 8.00. The van der Waals surface area contributed by atoms with Crippen LogP contribution in [0.15, 0.2) is 17.3 Å². The van der Waals surface area contributed by atoms with Crippen LogP contribution >= 0.6 is 11.8 Å². The second-order valence-corrected chi connectivity index (χ2v) is 4.71. The van der Waals surface area contributed by atoms with Gasteiger partial charge in [-0.1, -0.05) is 19.8 Å². The first kappa shape index (κ1) is 12.1. The number of carbonyl (C=O) groups is 1. The zero-order chi connectivity index (χ0) is 11.3. The third-order valence-corrected chi connectivity index (χ3v) is 3.26. The van der Waals surface area contributed by atoms with Crippen LogP contribution in [-0.4, -0.2) is 26.1 Å². The van der Waals surface area contributed by atoms with Crippen molar-refractivity contribution in [2.24, 2.45) is 7.05 Å². The van der Waals surface area contributed by atoms with Crippen LogP contribution in [0.1, 0.15) is 26.2 Å². The number of aryl methyl sites for hydroxylation is 1. The molecule has 0 saturated heterocycles. The Hall–Kier alpha value is -0.970. The van der Waals surface area contributed by atoms with Gasteiger partial charge in [0.25, 0.3) is 0 Å². The molecule has 0 spiro atoms. The molecule has 0 aliphatic heterocycles. The summed E-state index contributed by atoms with van der Waals surface area (Å²) >= 11 is 1.37. The first-order valence-corrected chi connectivity index (χ1v) is 5.89. The largest absolute Gasteiger partial charge is 0.480 e. The van der Waals surface area contributed by atoms with Crippen LogP contribution in [0.25, 0.3) is 0 Å². The molecule has 1 N–H and O–H groups in total. The smallest absolute Gasteiger partial charge is 0.316 e. The van der Waals surface area contributed by atoms with Crippen LogP contribution in [-0.2, 0) is 11.8 Å². The van der Waals surface area contributed by atoms with Crippen molar-refractivity contribution in [1.29, 1.82) is 0 Å². The Bertz CT molecular complexity index is 325. The van der Waals surface area contributed by atoms with Gasteiger partial charge in [-0.15, -0.1) is 11.8 Å². The molecule has 0 aliphatic carbocycles. The SMILES string of the molecule is CCCCC(Sc1cnn(C)c1)C(=O)O. The molecule has 0 bridgehead atoms. The second kappa shape index (κ2) is 5.80. The van der Waals surface area contributed by atoms with Gasteiger partial charge in [0.05, 0.1) is 6.20 Å². The molecule has 0 fully saturated rings. The van der Waals surface area contributed by atoms with Crippen molar-refractivity contribution in [3.63, 3.8) is 0 Å². The van der Waals surface area contributed by atoms with Gasteiger partial charge in [0.15, 0.2) is 0 Å². The Morgan fingerprint density at radius 3 is 2.93 bits per heavy atom. The van der Waals surface area contributed by atoms with Crippen molar-refractivity contribution in [3.8, 4) is 0 Å². The van der Waals surface area contributed by atoms with Gasteiger partial charge >= 0.3 is 5.97 Å². The van der Waals surface area contributed by atoms with Crippen LogP contribution in [0.2, 0.25) is 0 Å². The minimum absolute atomic E-state index is 0.353. The van der Waals surface area contributed by atoms with E-state index >= 15 is 0 Å². The summed E-state index contributed by atoms with van der Waals surface area (Å²) in [7, 11) is 1.83. The van der Waals surface area contributed by atoms with Crippen molar-refractivity contribution in [3.05, 3.63) is 12.4 Å². The Labute approximate surface area is 93.7 Å². The van der Waals surface area contributed by atoms with Crippen molar-refractivity contribution in [2.45, 2.75) is 36.3 Å². The van der Waals surface area contributed by atoms with E-state index in [4.69, 9.17) is 5.11 Å². The Morgan fingerprint density at radius 2 is 2.47 bits per heavy atom. The maximum Gasteiger partial charge on any atom is 0.316 e. The van der Waals surface area contributed by atoms with Crippen molar-refractivity contribution in [1.82, 2.24) is 9.78 Å². The number of aliphatic carboxylic acids is 1. The lowest BCUT2D eigenvalue weighted by Gasteiger charge is -2.09. The summed E-state index contributed by atoms with van der Waals surface area (Å²) in [6.45, 7) is 2.06. The molecule has 1 heterocycles. The van der Waals surface area contributed by atoms with Crippen molar-refractivity contribution in [2.75, 3.05) is 0 Å². The van der Waals surface area contributed by atoms with E-state index in [2.05, 4.69) is 12.0 Å². The number of hydrogen-bond acceptors (Lipinski definition) is 3. The molecule has 0 radical (unpaired) electrons. The lowest BCUT2D eigenvalue weighted by Crippen LogP contribution is -2.15. The van der Waals surface area contributed by atoms with Gasteiger partial charge in [-0.25, -0.2) is 0 Å². The summed E-state index contributed by atoms with van der Waals surface area (Å²) < 4.78 is 1.68. The molecule has 1 unspecified atom stereocenters. The van der Waals surface area contributed by atoms with Crippen LogP contribution in [0.4, 0.5) is 0 Å². The maximum absolute atomic E-state index is 11.0. The van der Waals surface area contributed by atoms with Crippen molar-refractivity contribution >= 4 is 17.7 Å². The zero-order valence-electron chi connectivity index (χ0n) is 9.01. The van der Waals surface area contributed by atoms with Crippen LogP contribution < -0.4 is 0 Å². The molecule has 1 aromatic heterocycles.